The van der Waals surface area contributed by atoms with Crippen LogP contribution in [-0.4, -0.2) is 20.0 Å². The van der Waals surface area contributed by atoms with Gasteiger partial charge in [0, 0.05) is 22.6 Å². The van der Waals surface area contributed by atoms with E-state index >= 15 is 0 Å². The fraction of sp³-hybridized carbons (Fsp3) is 0.414. The lowest BCUT2D eigenvalue weighted by molar-refractivity contribution is -0.118. The standard InChI is InChI=1S/C29H30N4O3S/c1-29(2)12-20-26(21(34)13-29)25(16-9-10-22(35-3)23(11-16)36-4)19(15-31)27(32)33(20)28-18(14-30)17-7-5-6-8-24(17)37-28/h9-11,25H,5-8,12-13,32H2,1-4H3/t25-/m0/s1. The molecule has 2 aromatic rings. The minimum absolute atomic E-state index is 0.00360. The summed E-state index contributed by atoms with van der Waals surface area (Å²) in [5.41, 5.74) is 10.6. The van der Waals surface area contributed by atoms with Gasteiger partial charge in [-0.3, -0.25) is 9.69 Å². The van der Waals surface area contributed by atoms with Gasteiger partial charge in [0.15, 0.2) is 17.3 Å². The predicted molar refractivity (Wildman–Crippen MR) is 142 cm³/mol. The number of Topliss-reactive ketones (excluding diaryl/α,β-unsaturated/α-hetero) is 1. The number of nitrogens with two attached hydrogens (primary N) is 1. The predicted octanol–water partition coefficient (Wildman–Crippen LogP) is 5.46. The van der Waals surface area contributed by atoms with Crippen LogP contribution < -0.4 is 20.1 Å². The molecule has 5 rings (SSSR count). The van der Waals surface area contributed by atoms with Crippen LogP contribution in [0.4, 0.5) is 5.00 Å². The van der Waals surface area contributed by atoms with Crippen molar-refractivity contribution in [1.29, 1.82) is 10.5 Å². The number of fused-ring (bicyclic) bond motifs is 1. The van der Waals surface area contributed by atoms with Crippen LogP contribution in [0.3, 0.4) is 0 Å². The number of nitriles is 2. The molecule has 3 aliphatic rings. The lowest BCUT2D eigenvalue weighted by atomic mass is 9.68. The van der Waals surface area contributed by atoms with Gasteiger partial charge in [-0.1, -0.05) is 19.9 Å². The molecule has 2 N–H and O–H groups in total. The summed E-state index contributed by atoms with van der Waals surface area (Å²) in [6.07, 6.45) is 4.91. The lowest BCUT2D eigenvalue weighted by Crippen LogP contribution is -2.42. The molecule has 0 saturated carbocycles. The van der Waals surface area contributed by atoms with Crippen molar-refractivity contribution in [2.24, 2.45) is 11.1 Å². The number of ketones is 1. The zero-order valence-corrected chi connectivity index (χ0v) is 22.4. The first-order valence-corrected chi connectivity index (χ1v) is 13.3. The van der Waals surface area contributed by atoms with Crippen molar-refractivity contribution in [3.8, 4) is 23.6 Å². The van der Waals surface area contributed by atoms with Crippen LogP contribution in [0.2, 0.25) is 0 Å². The van der Waals surface area contributed by atoms with Crippen molar-refractivity contribution < 1.29 is 14.3 Å². The smallest absolute Gasteiger partial charge is 0.162 e. The van der Waals surface area contributed by atoms with E-state index in [1.165, 1.54) is 4.88 Å². The van der Waals surface area contributed by atoms with E-state index in [2.05, 4.69) is 26.0 Å². The lowest BCUT2D eigenvalue weighted by Gasteiger charge is -2.43. The number of carbonyl (C=O) groups is 1. The summed E-state index contributed by atoms with van der Waals surface area (Å²) >= 11 is 1.57. The minimum Gasteiger partial charge on any atom is -0.493 e. The van der Waals surface area contributed by atoms with Crippen LogP contribution in [0.5, 0.6) is 11.5 Å². The fourth-order valence-corrected chi connectivity index (χ4v) is 7.31. The molecule has 1 aromatic heterocycles. The molecule has 0 fully saturated rings. The summed E-state index contributed by atoms with van der Waals surface area (Å²) in [4.78, 5) is 16.9. The number of allylic oxidation sites excluding steroid dienone is 3. The van der Waals surface area contributed by atoms with Crippen LogP contribution in [0.25, 0.3) is 0 Å². The van der Waals surface area contributed by atoms with Gasteiger partial charge in [-0.2, -0.15) is 10.5 Å². The van der Waals surface area contributed by atoms with Gasteiger partial charge in [-0.05, 0) is 60.8 Å². The Hall–Kier alpha value is -3.75. The van der Waals surface area contributed by atoms with Gasteiger partial charge in [0.25, 0.3) is 0 Å². The quantitative estimate of drug-likeness (QED) is 0.577. The zero-order chi connectivity index (χ0) is 26.5. The number of rotatable bonds is 4. The van der Waals surface area contributed by atoms with Crippen molar-refractivity contribution in [2.75, 3.05) is 19.1 Å². The Kier molecular flexibility index (Phi) is 6.25. The van der Waals surface area contributed by atoms with Gasteiger partial charge in [0.05, 0.1) is 37.3 Å². The number of hydrogen-bond donors (Lipinski definition) is 1. The highest BCUT2D eigenvalue weighted by Crippen LogP contribution is 2.53. The fourth-order valence-electron chi connectivity index (χ4n) is 5.93. The Bertz CT molecular complexity index is 1450. The summed E-state index contributed by atoms with van der Waals surface area (Å²) < 4.78 is 10.9. The molecule has 2 heterocycles. The SMILES string of the molecule is COc1ccc([C@H]2C(C#N)=C(N)N(c3sc4c(c3C#N)CCCC4)C3=C2C(=O)CC(C)(C)C3)cc1OC. The number of aryl methyl sites for hydroxylation is 1. The molecule has 37 heavy (non-hydrogen) atoms. The monoisotopic (exact) mass is 514 g/mol. The highest BCUT2D eigenvalue weighted by atomic mass is 32.1. The van der Waals surface area contributed by atoms with Crippen LogP contribution in [0, 0.1) is 28.1 Å². The second-order valence-electron chi connectivity index (χ2n) is 10.6. The van der Waals surface area contributed by atoms with E-state index in [-0.39, 0.29) is 17.0 Å². The molecule has 1 aromatic carbocycles. The van der Waals surface area contributed by atoms with Gasteiger partial charge in [0.1, 0.15) is 16.9 Å². The number of methoxy groups -OCH3 is 2. The van der Waals surface area contributed by atoms with E-state index in [0.29, 0.717) is 41.1 Å². The van der Waals surface area contributed by atoms with Crippen molar-refractivity contribution in [3.05, 3.63) is 62.4 Å². The molecular weight excluding hydrogens is 484 g/mol. The third kappa shape index (κ3) is 3.97. The average molecular weight is 515 g/mol. The van der Waals surface area contributed by atoms with Crippen LogP contribution in [0.15, 0.2) is 40.9 Å². The zero-order valence-electron chi connectivity index (χ0n) is 21.6. The number of thiophene rings is 1. The van der Waals surface area contributed by atoms with Crippen molar-refractivity contribution in [2.45, 2.75) is 58.3 Å². The van der Waals surface area contributed by atoms with Crippen molar-refractivity contribution in [1.82, 2.24) is 0 Å². The Morgan fingerprint density at radius 3 is 2.49 bits per heavy atom. The maximum atomic E-state index is 13.8. The highest BCUT2D eigenvalue weighted by molar-refractivity contribution is 7.16. The largest absolute Gasteiger partial charge is 0.493 e. The Labute approximate surface area is 221 Å². The molecule has 0 spiro atoms. The van der Waals surface area contributed by atoms with Crippen molar-refractivity contribution in [3.63, 3.8) is 0 Å². The molecule has 0 saturated heterocycles. The molecular formula is C29H30N4O3S. The van der Waals surface area contributed by atoms with Crippen molar-refractivity contribution >= 4 is 22.1 Å². The van der Waals surface area contributed by atoms with Gasteiger partial charge in [-0.15, -0.1) is 11.3 Å². The summed E-state index contributed by atoms with van der Waals surface area (Å²) in [6.45, 7) is 4.14. The molecule has 190 valence electrons. The molecule has 0 unspecified atom stereocenters. The Morgan fingerprint density at radius 2 is 1.81 bits per heavy atom. The topological polar surface area (TPSA) is 112 Å². The molecule has 0 bridgehead atoms. The van der Waals surface area contributed by atoms with E-state index in [1.54, 1.807) is 31.6 Å². The Balaban J connectivity index is 1.78. The second kappa shape index (κ2) is 9.28. The van der Waals surface area contributed by atoms with Gasteiger partial charge < -0.3 is 15.2 Å². The molecule has 7 nitrogen and oxygen atoms in total. The molecule has 0 amide bonds. The van der Waals surface area contributed by atoms with Crippen LogP contribution in [0.1, 0.15) is 67.0 Å². The first-order valence-electron chi connectivity index (χ1n) is 12.5. The first kappa shape index (κ1) is 24.9. The van der Waals surface area contributed by atoms with Crippen LogP contribution >= 0.6 is 11.3 Å². The maximum absolute atomic E-state index is 13.8. The average Bonchev–Trinajstić information content (AvgIpc) is 3.24. The Morgan fingerprint density at radius 1 is 1.08 bits per heavy atom. The van der Waals surface area contributed by atoms with Gasteiger partial charge in [0.2, 0.25) is 0 Å². The highest BCUT2D eigenvalue weighted by Gasteiger charge is 2.46. The molecule has 1 aliphatic heterocycles. The van der Waals surface area contributed by atoms with E-state index in [4.69, 9.17) is 15.2 Å². The number of anilines is 1. The summed E-state index contributed by atoms with van der Waals surface area (Å²) in [5, 5.41) is 21.3. The number of ether oxygens (including phenoxy) is 2. The van der Waals surface area contributed by atoms with E-state index in [1.807, 2.05) is 17.0 Å². The minimum atomic E-state index is -0.625. The van der Waals surface area contributed by atoms with Gasteiger partial charge in [-0.25, -0.2) is 0 Å². The summed E-state index contributed by atoms with van der Waals surface area (Å²) in [6, 6.07) is 10.2. The number of hydrogen-bond acceptors (Lipinski definition) is 8. The number of benzene rings is 1. The van der Waals surface area contributed by atoms with E-state index in [9.17, 15) is 15.3 Å². The normalized spacial score (nSPS) is 20.6. The first-order chi connectivity index (χ1) is 17.7. The molecule has 0 radical (unpaired) electrons. The van der Waals surface area contributed by atoms with E-state index in [0.717, 1.165) is 47.5 Å². The molecule has 1 atom stereocenters. The summed E-state index contributed by atoms with van der Waals surface area (Å²) in [7, 11) is 3.12. The summed E-state index contributed by atoms with van der Waals surface area (Å²) in [5.74, 6) is 0.728. The third-order valence-corrected chi connectivity index (χ3v) is 8.87. The third-order valence-electron chi connectivity index (χ3n) is 7.59. The second-order valence-corrected chi connectivity index (χ2v) is 11.7. The van der Waals surface area contributed by atoms with Gasteiger partial charge >= 0.3 is 0 Å². The number of nitrogens with zero attached hydrogens (tertiary/aromatic N) is 3. The maximum Gasteiger partial charge on any atom is 0.162 e. The van der Waals surface area contributed by atoms with E-state index < -0.39 is 5.92 Å². The van der Waals surface area contributed by atoms with Crippen LogP contribution in [-0.2, 0) is 17.6 Å². The number of carbonyl (C=O) groups excluding carboxylic acids is 1. The molecule has 8 heteroatoms. The molecule has 2 aliphatic carbocycles.